The van der Waals surface area contributed by atoms with E-state index in [0.717, 1.165) is 12.1 Å². The topological polar surface area (TPSA) is 29.1 Å². The van der Waals surface area contributed by atoms with E-state index >= 15 is 0 Å². The molecule has 1 N–H and O–H groups in total. The van der Waals surface area contributed by atoms with Gasteiger partial charge in [0.1, 0.15) is 0 Å². The molecule has 0 aromatic heterocycles. The van der Waals surface area contributed by atoms with Crippen LogP contribution < -0.4 is 5.32 Å². The molecule has 0 spiro atoms. The van der Waals surface area contributed by atoms with Gasteiger partial charge in [0.25, 0.3) is 0 Å². The maximum absolute atomic E-state index is 11.5. The molecule has 0 aliphatic rings. The molecule has 0 heterocycles. The molecular formula is C17H27NO. The van der Waals surface area contributed by atoms with Crippen molar-refractivity contribution < 1.29 is 4.79 Å². The molecule has 0 atom stereocenters. The number of hydrogen-bond donors (Lipinski definition) is 1. The number of rotatable bonds is 4. The van der Waals surface area contributed by atoms with Crippen molar-refractivity contribution in [3.05, 3.63) is 29.8 Å². The molecule has 2 heteroatoms. The van der Waals surface area contributed by atoms with Gasteiger partial charge in [-0.25, -0.2) is 0 Å². The van der Waals surface area contributed by atoms with E-state index in [1.807, 2.05) is 19.1 Å². The lowest BCUT2D eigenvalue weighted by molar-refractivity contribution is -0.116. The summed E-state index contributed by atoms with van der Waals surface area (Å²) in [7, 11) is 0. The lowest BCUT2D eigenvalue weighted by atomic mass is 9.65. The van der Waals surface area contributed by atoms with Gasteiger partial charge in [-0.15, -0.1) is 0 Å². The molecule has 0 saturated carbocycles. The molecule has 1 aromatic carbocycles. The lowest BCUT2D eigenvalue weighted by Gasteiger charge is -2.39. The lowest BCUT2D eigenvalue weighted by Crippen LogP contribution is -2.33. The van der Waals surface area contributed by atoms with Crippen molar-refractivity contribution in [1.82, 2.24) is 0 Å². The molecule has 1 aromatic rings. The van der Waals surface area contributed by atoms with E-state index in [0.29, 0.717) is 6.42 Å². The molecule has 106 valence electrons. The van der Waals surface area contributed by atoms with Crippen LogP contribution in [0.2, 0.25) is 0 Å². The Bertz CT molecular complexity index is 424. The monoisotopic (exact) mass is 261 g/mol. The minimum atomic E-state index is 0.0883. The minimum absolute atomic E-state index is 0.0883. The van der Waals surface area contributed by atoms with Crippen molar-refractivity contribution in [3.63, 3.8) is 0 Å². The normalized spacial score (nSPS) is 12.3. The first-order chi connectivity index (χ1) is 8.68. The fourth-order valence-corrected chi connectivity index (χ4v) is 1.85. The van der Waals surface area contributed by atoms with E-state index in [4.69, 9.17) is 0 Å². The summed E-state index contributed by atoms with van der Waals surface area (Å²) in [4.78, 5) is 11.5. The summed E-state index contributed by atoms with van der Waals surface area (Å²) in [5.41, 5.74) is 2.47. The fraction of sp³-hybridized carbons (Fsp3) is 0.588. The van der Waals surface area contributed by atoms with Crippen molar-refractivity contribution in [3.8, 4) is 0 Å². The van der Waals surface area contributed by atoms with Crippen LogP contribution in [-0.4, -0.2) is 5.91 Å². The van der Waals surface area contributed by atoms with Crippen LogP contribution in [0.15, 0.2) is 24.3 Å². The Hall–Kier alpha value is -1.31. The van der Waals surface area contributed by atoms with Gasteiger partial charge in [0, 0.05) is 12.1 Å². The van der Waals surface area contributed by atoms with Crippen molar-refractivity contribution in [2.75, 3.05) is 5.32 Å². The molecule has 1 rings (SSSR count). The molecule has 0 saturated heterocycles. The number of anilines is 1. The Labute approximate surface area is 117 Å². The first-order valence-corrected chi connectivity index (χ1v) is 7.09. The summed E-state index contributed by atoms with van der Waals surface area (Å²) in [6.07, 6.45) is 1.45. The predicted octanol–water partition coefficient (Wildman–Crippen LogP) is 4.75. The number of benzene rings is 1. The second-order valence-electron chi connectivity index (χ2n) is 6.75. The highest BCUT2D eigenvalue weighted by atomic mass is 16.1. The minimum Gasteiger partial charge on any atom is -0.326 e. The predicted molar refractivity (Wildman–Crippen MR) is 82.5 cm³/mol. The second kappa shape index (κ2) is 5.77. The summed E-state index contributed by atoms with van der Waals surface area (Å²) < 4.78 is 0. The van der Waals surface area contributed by atoms with Gasteiger partial charge in [-0.05, 0) is 34.9 Å². The van der Waals surface area contributed by atoms with Crippen LogP contribution in [0.4, 0.5) is 5.69 Å². The van der Waals surface area contributed by atoms with Crippen molar-refractivity contribution in [2.24, 2.45) is 5.41 Å². The van der Waals surface area contributed by atoms with Crippen LogP contribution in [-0.2, 0) is 10.2 Å². The maximum atomic E-state index is 11.5. The van der Waals surface area contributed by atoms with Gasteiger partial charge in [-0.3, -0.25) is 4.79 Å². The van der Waals surface area contributed by atoms with Crippen LogP contribution in [0.5, 0.6) is 0 Å². The van der Waals surface area contributed by atoms with Crippen LogP contribution in [0, 0.1) is 5.41 Å². The van der Waals surface area contributed by atoms with E-state index in [1.54, 1.807) is 0 Å². The Morgan fingerprint density at radius 3 is 2.00 bits per heavy atom. The highest BCUT2D eigenvalue weighted by molar-refractivity contribution is 5.90. The molecular weight excluding hydrogens is 234 g/mol. The van der Waals surface area contributed by atoms with Crippen LogP contribution in [0.3, 0.4) is 0 Å². The molecule has 19 heavy (non-hydrogen) atoms. The van der Waals surface area contributed by atoms with Gasteiger partial charge < -0.3 is 5.32 Å². The van der Waals surface area contributed by atoms with Crippen LogP contribution in [0.1, 0.15) is 59.9 Å². The van der Waals surface area contributed by atoms with E-state index in [1.165, 1.54) is 5.56 Å². The maximum Gasteiger partial charge on any atom is 0.224 e. The van der Waals surface area contributed by atoms with Gasteiger partial charge >= 0.3 is 0 Å². The average molecular weight is 261 g/mol. The first kappa shape index (κ1) is 15.7. The highest BCUT2D eigenvalue weighted by Crippen LogP contribution is 2.40. The van der Waals surface area contributed by atoms with Gasteiger partial charge in [0.2, 0.25) is 5.91 Å². The molecule has 0 fully saturated rings. The van der Waals surface area contributed by atoms with Crippen molar-refractivity contribution in [1.29, 1.82) is 0 Å². The van der Waals surface area contributed by atoms with E-state index in [-0.39, 0.29) is 16.7 Å². The SMILES string of the molecule is CCCC(=O)Nc1ccc(C(C)(C)C(C)(C)C)cc1. The molecule has 0 radical (unpaired) electrons. The van der Waals surface area contributed by atoms with Crippen molar-refractivity contribution in [2.45, 2.75) is 59.8 Å². The summed E-state index contributed by atoms with van der Waals surface area (Å²) in [6.45, 7) is 13.3. The third-order valence-corrected chi connectivity index (χ3v) is 4.24. The Morgan fingerprint density at radius 2 is 1.58 bits per heavy atom. The zero-order valence-corrected chi connectivity index (χ0v) is 13.1. The second-order valence-corrected chi connectivity index (χ2v) is 6.75. The number of carbonyl (C=O) groups excluding carboxylic acids is 1. The number of carbonyl (C=O) groups is 1. The molecule has 0 aliphatic heterocycles. The number of hydrogen-bond acceptors (Lipinski definition) is 1. The summed E-state index contributed by atoms with van der Waals surface area (Å²) >= 11 is 0. The highest BCUT2D eigenvalue weighted by Gasteiger charge is 2.34. The Kier molecular flexibility index (Phi) is 4.78. The third-order valence-electron chi connectivity index (χ3n) is 4.24. The smallest absolute Gasteiger partial charge is 0.224 e. The van der Waals surface area contributed by atoms with Gasteiger partial charge in [-0.2, -0.15) is 0 Å². The Balaban J connectivity index is 2.85. The fourth-order valence-electron chi connectivity index (χ4n) is 1.85. The van der Waals surface area contributed by atoms with E-state index < -0.39 is 0 Å². The standard InChI is InChI=1S/C17H27NO/c1-7-8-15(19)18-14-11-9-13(10-12-14)17(5,6)16(2,3)4/h9-12H,7-8H2,1-6H3,(H,18,19). The molecule has 0 bridgehead atoms. The van der Waals surface area contributed by atoms with Crippen LogP contribution >= 0.6 is 0 Å². The molecule has 1 amide bonds. The number of nitrogens with one attached hydrogen (secondary N) is 1. The van der Waals surface area contributed by atoms with Crippen molar-refractivity contribution >= 4 is 11.6 Å². The molecule has 0 aliphatic carbocycles. The summed E-state index contributed by atoms with van der Waals surface area (Å²) in [5.74, 6) is 0.0883. The Morgan fingerprint density at radius 1 is 1.05 bits per heavy atom. The van der Waals surface area contributed by atoms with E-state index in [9.17, 15) is 4.79 Å². The number of amides is 1. The summed E-state index contributed by atoms with van der Waals surface area (Å²) in [5, 5.41) is 2.92. The zero-order chi connectivity index (χ0) is 14.7. The van der Waals surface area contributed by atoms with Crippen LogP contribution in [0.25, 0.3) is 0 Å². The largest absolute Gasteiger partial charge is 0.326 e. The average Bonchev–Trinajstić information content (AvgIpc) is 2.28. The van der Waals surface area contributed by atoms with Gasteiger partial charge in [0.05, 0.1) is 0 Å². The molecule has 2 nitrogen and oxygen atoms in total. The van der Waals surface area contributed by atoms with Gasteiger partial charge in [-0.1, -0.05) is 53.7 Å². The van der Waals surface area contributed by atoms with Gasteiger partial charge in [0.15, 0.2) is 0 Å². The summed E-state index contributed by atoms with van der Waals surface area (Å²) in [6, 6.07) is 8.23. The molecule has 0 unspecified atom stereocenters. The quantitative estimate of drug-likeness (QED) is 0.832. The third kappa shape index (κ3) is 3.82. The first-order valence-electron chi connectivity index (χ1n) is 7.09. The van der Waals surface area contributed by atoms with E-state index in [2.05, 4.69) is 52.1 Å². The zero-order valence-electron chi connectivity index (χ0n) is 13.1.